The van der Waals surface area contributed by atoms with Crippen molar-refractivity contribution in [1.29, 1.82) is 0 Å². The molecule has 0 atom stereocenters. The van der Waals surface area contributed by atoms with Crippen LogP contribution in [-0.4, -0.2) is 30.6 Å². The maximum Gasteiger partial charge on any atom is 0.328 e. The highest BCUT2D eigenvalue weighted by atomic mass is 16.4. The van der Waals surface area contributed by atoms with E-state index in [-0.39, 0.29) is 8.41 Å². The second kappa shape index (κ2) is 4.89. The van der Waals surface area contributed by atoms with Crippen LogP contribution >= 0.6 is 0 Å². The van der Waals surface area contributed by atoms with Gasteiger partial charge in [0, 0.05) is 20.6 Å². The lowest BCUT2D eigenvalue weighted by Crippen LogP contribution is -1.91. The van der Waals surface area contributed by atoms with E-state index in [1.165, 1.54) is 0 Å². The molecule has 2 N–H and O–H groups in total. The molecule has 47 valence electrons. The number of hydrogen-bond donors (Lipinski definition) is 2. The molecule has 9 heavy (non-hydrogen) atoms. The second-order valence-corrected chi connectivity index (χ2v) is 1.01. The van der Waals surface area contributed by atoms with E-state index in [0.717, 1.165) is 0 Å². The van der Waals surface area contributed by atoms with Gasteiger partial charge < -0.3 is 10.2 Å². The Morgan fingerprint density at radius 2 is 1.22 bits per heavy atom. The first-order valence-corrected chi connectivity index (χ1v) is 1.77. The minimum Gasteiger partial charge on any atom is -0.478 e. The van der Waals surface area contributed by atoms with E-state index in [1.54, 1.807) is 0 Å². The van der Waals surface area contributed by atoms with Crippen LogP contribution in [0.1, 0.15) is 0 Å². The lowest BCUT2D eigenvalue weighted by molar-refractivity contribution is -0.134. The third kappa shape index (κ3) is 10.8. The van der Waals surface area contributed by atoms with Crippen molar-refractivity contribution in [3.8, 4) is 0 Å². The van der Waals surface area contributed by atoms with Crippen molar-refractivity contribution in [2.75, 3.05) is 0 Å². The summed E-state index contributed by atoms with van der Waals surface area (Å²) >= 11 is 0. The molecule has 0 aliphatic rings. The molecule has 0 aromatic rings. The summed E-state index contributed by atoms with van der Waals surface area (Å²) in [6, 6.07) is 0. The molecular weight excluding hydrogens is 123 g/mol. The Bertz CT molecular complexity index is 124. The van der Waals surface area contributed by atoms with Gasteiger partial charge in [-0.2, -0.15) is 0 Å². The van der Waals surface area contributed by atoms with Crippen LogP contribution in [0.5, 0.6) is 0 Å². The molecule has 0 bridgehead atoms. The monoisotopic (exact) mass is 127 g/mol. The molecular formula is C4H4BO4. The van der Waals surface area contributed by atoms with Gasteiger partial charge in [0.1, 0.15) is 0 Å². The highest BCUT2D eigenvalue weighted by Crippen LogP contribution is 1.70. The van der Waals surface area contributed by atoms with Crippen LogP contribution < -0.4 is 0 Å². The van der Waals surface area contributed by atoms with Gasteiger partial charge in [0.2, 0.25) is 0 Å². The fourth-order valence-corrected chi connectivity index (χ4v) is 0.143. The molecule has 0 aromatic carbocycles. The van der Waals surface area contributed by atoms with Crippen molar-refractivity contribution in [3.05, 3.63) is 12.2 Å². The molecule has 4 nitrogen and oxygen atoms in total. The minimum atomic E-state index is -1.26. The SMILES string of the molecule is O=C(O)/C=C\C(=O)O.[B]. The van der Waals surface area contributed by atoms with Crippen LogP contribution in [0.3, 0.4) is 0 Å². The molecule has 0 unspecified atom stereocenters. The Labute approximate surface area is 53.4 Å². The number of carboxylic acids is 2. The van der Waals surface area contributed by atoms with E-state index in [1.807, 2.05) is 0 Å². The average Bonchev–Trinajstić information content (AvgIpc) is 1.61. The predicted octanol–water partition coefficient (Wildman–Crippen LogP) is -0.669. The van der Waals surface area contributed by atoms with Crippen LogP contribution in [0.4, 0.5) is 0 Å². The van der Waals surface area contributed by atoms with Crippen molar-refractivity contribution < 1.29 is 19.8 Å². The first-order valence-electron chi connectivity index (χ1n) is 1.77. The highest BCUT2D eigenvalue weighted by molar-refractivity contribution is 5.89. The third-order valence-electron chi connectivity index (χ3n) is 0.368. The Kier molecular flexibility index (Phi) is 5.80. The topological polar surface area (TPSA) is 74.6 Å². The zero-order chi connectivity index (χ0) is 6.57. The Hall–Kier alpha value is -1.26. The summed E-state index contributed by atoms with van der Waals surface area (Å²) in [6.45, 7) is 0. The van der Waals surface area contributed by atoms with E-state index in [4.69, 9.17) is 10.2 Å². The highest BCUT2D eigenvalue weighted by Gasteiger charge is 1.88. The van der Waals surface area contributed by atoms with E-state index >= 15 is 0 Å². The number of carboxylic acid groups (broad SMARTS) is 2. The summed E-state index contributed by atoms with van der Waals surface area (Å²) in [4.78, 5) is 19.1. The van der Waals surface area contributed by atoms with Gasteiger partial charge in [0.25, 0.3) is 0 Å². The Morgan fingerprint density at radius 1 is 1.00 bits per heavy atom. The molecule has 0 amide bonds. The van der Waals surface area contributed by atoms with Crippen molar-refractivity contribution in [2.45, 2.75) is 0 Å². The van der Waals surface area contributed by atoms with E-state index < -0.39 is 11.9 Å². The molecule has 0 aromatic heterocycles. The molecule has 0 saturated heterocycles. The number of hydrogen-bond acceptors (Lipinski definition) is 2. The van der Waals surface area contributed by atoms with Crippen LogP contribution in [0.2, 0.25) is 0 Å². The van der Waals surface area contributed by atoms with Crippen LogP contribution in [0.25, 0.3) is 0 Å². The third-order valence-corrected chi connectivity index (χ3v) is 0.368. The van der Waals surface area contributed by atoms with Gasteiger partial charge in [0.15, 0.2) is 0 Å². The first-order chi connectivity index (χ1) is 3.63. The number of rotatable bonds is 2. The van der Waals surface area contributed by atoms with Gasteiger partial charge in [-0.05, 0) is 0 Å². The molecule has 5 heteroatoms. The fourth-order valence-electron chi connectivity index (χ4n) is 0.143. The summed E-state index contributed by atoms with van der Waals surface area (Å²) < 4.78 is 0. The molecule has 3 radical (unpaired) electrons. The van der Waals surface area contributed by atoms with E-state index in [9.17, 15) is 9.59 Å². The zero-order valence-corrected chi connectivity index (χ0v) is 4.44. The molecule has 0 rings (SSSR count). The Morgan fingerprint density at radius 3 is 1.33 bits per heavy atom. The van der Waals surface area contributed by atoms with E-state index in [0.29, 0.717) is 12.2 Å². The van der Waals surface area contributed by atoms with Gasteiger partial charge in [-0.15, -0.1) is 0 Å². The maximum atomic E-state index is 9.55. The number of carbonyl (C=O) groups is 2. The lowest BCUT2D eigenvalue weighted by Gasteiger charge is -1.74. The quantitative estimate of drug-likeness (QED) is 0.381. The van der Waals surface area contributed by atoms with Crippen molar-refractivity contribution in [2.24, 2.45) is 0 Å². The van der Waals surface area contributed by atoms with Crippen molar-refractivity contribution >= 4 is 20.4 Å². The summed E-state index contributed by atoms with van der Waals surface area (Å²) in [5.41, 5.74) is 0. The van der Waals surface area contributed by atoms with Gasteiger partial charge in [-0.25, -0.2) is 9.59 Å². The molecule has 0 aliphatic heterocycles. The lowest BCUT2D eigenvalue weighted by atomic mass is 10.5. The number of aliphatic carboxylic acids is 2. The summed E-state index contributed by atoms with van der Waals surface area (Å²) in [7, 11) is 0. The van der Waals surface area contributed by atoms with Gasteiger partial charge in [-0.3, -0.25) is 0 Å². The van der Waals surface area contributed by atoms with Gasteiger partial charge >= 0.3 is 11.9 Å². The standard InChI is InChI=1S/C4H4O4.B/c5-3(6)1-2-4(7)8;/h1-2H,(H,5,6)(H,7,8);/b2-1-;. The summed E-state index contributed by atoms with van der Waals surface area (Å²) in [5.74, 6) is -2.51. The second-order valence-electron chi connectivity index (χ2n) is 1.01. The summed E-state index contributed by atoms with van der Waals surface area (Å²) in [6.07, 6.45) is 1.12. The average molecular weight is 127 g/mol. The predicted molar refractivity (Wildman–Crippen MR) is 30.2 cm³/mol. The van der Waals surface area contributed by atoms with Gasteiger partial charge in [-0.1, -0.05) is 0 Å². The van der Waals surface area contributed by atoms with E-state index in [2.05, 4.69) is 0 Å². The first kappa shape index (κ1) is 10.7. The normalized spacial score (nSPS) is 8.44. The molecule has 0 spiro atoms. The molecule has 0 fully saturated rings. The molecule has 0 saturated carbocycles. The van der Waals surface area contributed by atoms with Crippen molar-refractivity contribution in [3.63, 3.8) is 0 Å². The van der Waals surface area contributed by atoms with Gasteiger partial charge in [0.05, 0.1) is 0 Å². The van der Waals surface area contributed by atoms with Crippen LogP contribution in [-0.2, 0) is 9.59 Å². The zero-order valence-electron chi connectivity index (χ0n) is 4.44. The van der Waals surface area contributed by atoms with Crippen LogP contribution in [0.15, 0.2) is 12.2 Å². The summed E-state index contributed by atoms with van der Waals surface area (Å²) in [5, 5.41) is 15.6. The molecule has 0 aliphatic carbocycles. The molecule has 0 heterocycles. The smallest absolute Gasteiger partial charge is 0.328 e. The maximum absolute atomic E-state index is 9.55. The largest absolute Gasteiger partial charge is 0.478 e. The fraction of sp³-hybridized carbons (Fsp3) is 0. The Balaban J connectivity index is 0. The van der Waals surface area contributed by atoms with Crippen molar-refractivity contribution in [1.82, 2.24) is 0 Å². The minimum absolute atomic E-state index is 0. The van der Waals surface area contributed by atoms with Crippen LogP contribution in [0, 0.1) is 0 Å².